The van der Waals surface area contributed by atoms with Crippen molar-refractivity contribution >= 4 is 33.1 Å². The number of nitrogens with zero attached hydrogens (tertiary/aromatic N) is 3. The molecule has 0 spiro atoms. The lowest BCUT2D eigenvalue weighted by Crippen LogP contribution is -2.23. The highest BCUT2D eigenvalue weighted by Crippen LogP contribution is 2.28. The van der Waals surface area contributed by atoms with Crippen LogP contribution in [-0.2, 0) is 4.79 Å². The predicted molar refractivity (Wildman–Crippen MR) is 101 cm³/mol. The highest BCUT2D eigenvalue weighted by Gasteiger charge is 2.16. The summed E-state index contributed by atoms with van der Waals surface area (Å²) >= 11 is 1.42. The van der Waals surface area contributed by atoms with Crippen LogP contribution >= 0.6 is 11.3 Å². The van der Waals surface area contributed by atoms with E-state index in [1.807, 2.05) is 17.5 Å². The number of hydrogen-bond acceptors (Lipinski definition) is 4. The molecule has 1 atom stereocenters. The molecule has 0 radical (unpaired) electrons. The average molecular weight is 348 g/mol. The van der Waals surface area contributed by atoms with Gasteiger partial charge in [-0.05, 0) is 29.8 Å². The van der Waals surface area contributed by atoms with Crippen LogP contribution in [0.25, 0.3) is 22.0 Å². The Morgan fingerprint density at radius 3 is 2.80 bits per heavy atom. The minimum absolute atomic E-state index is 0.136. The van der Waals surface area contributed by atoms with Gasteiger partial charge in [-0.25, -0.2) is 4.98 Å². The molecular formula is C19H16N4OS. The summed E-state index contributed by atoms with van der Waals surface area (Å²) in [7, 11) is 0. The molecule has 0 aliphatic heterocycles. The van der Waals surface area contributed by atoms with Crippen LogP contribution < -0.4 is 5.32 Å². The van der Waals surface area contributed by atoms with Crippen LogP contribution in [0.5, 0.6) is 0 Å². The van der Waals surface area contributed by atoms with Crippen LogP contribution in [0.2, 0.25) is 0 Å². The van der Waals surface area contributed by atoms with Crippen molar-refractivity contribution in [2.75, 3.05) is 5.32 Å². The number of fused-ring (bicyclic) bond motifs is 1. The summed E-state index contributed by atoms with van der Waals surface area (Å²) in [6.45, 7) is 1.81. The maximum atomic E-state index is 12.3. The Kier molecular flexibility index (Phi) is 4.03. The Morgan fingerprint density at radius 1 is 1.16 bits per heavy atom. The summed E-state index contributed by atoms with van der Waals surface area (Å²) in [5, 5.41) is 11.9. The molecule has 1 N–H and O–H groups in total. The number of amides is 1. The van der Waals surface area contributed by atoms with Crippen LogP contribution in [0, 0.1) is 0 Å². The second kappa shape index (κ2) is 6.49. The maximum Gasteiger partial charge on any atom is 0.250 e. The predicted octanol–water partition coefficient (Wildman–Crippen LogP) is 4.36. The summed E-state index contributed by atoms with van der Waals surface area (Å²) in [4.78, 5) is 16.9. The molecule has 124 valence electrons. The van der Waals surface area contributed by atoms with E-state index in [2.05, 4.69) is 45.7 Å². The fourth-order valence-electron chi connectivity index (χ4n) is 2.65. The third kappa shape index (κ3) is 3.16. The second-order valence-electron chi connectivity index (χ2n) is 5.75. The molecule has 0 fully saturated rings. The number of nitrogens with one attached hydrogen (secondary N) is 1. The van der Waals surface area contributed by atoms with Crippen molar-refractivity contribution in [3.05, 3.63) is 66.3 Å². The van der Waals surface area contributed by atoms with Crippen LogP contribution in [0.3, 0.4) is 0 Å². The van der Waals surface area contributed by atoms with E-state index in [1.165, 1.54) is 22.1 Å². The topological polar surface area (TPSA) is 59.8 Å². The summed E-state index contributed by atoms with van der Waals surface area (Å²) in [6.07, 6.45) is 3.43. The van der Waals surface area contributed by atoms with Gasteiger partial charge < -0.3 is 5.32 Å². The van der Waals surface area contributed by atoms with Gasteiger partial charge in [0.05, 0.1) is 5.69 Å². The minimum atomic E-state index is -0.386. The smallest absolute Gasteiger partial charge is 0.250 e. The zero-order valence-electron chi connectivity index (χ0n) is 13.6. The summed E-state index contributed by atoms with van der Waals surface area (Å²) in [5.74, 6) is -0.136. The monoisotopic (exact) mass is 348 g/mol. The number of hydrogen-bond donors (Lipinski definition) is 1. The molecule has 4 rings (SSSR count). The van der Waals surface area contributed by atoms with E-state index in [0.717, 1.165) is 11.3 Å². The van der Waals surface area contributed by atoms with E-state index in [-0.39, 0.29) is 11.9 Å². The van der Waals surface area contributed by atoms with Crippen molar-refractivity contribution in [3.63, 3.8) is 0 Å². The molecule has 0 saturated carbocycles. The Balaban J connectivity index is 1.54. The number of rotatable bonds is 4. The van der Waals surface area contributed by atoms with Crippen molar-refractivity contribution in [3.8, 4) is 11.3 Å². The molecule has 0 unspecified atom stereocenters. The van der Waals surface area contributed by atoms with Gasteiger partial charge in [-0.2, -0.15) is 5.10 Å². The van der Waals surface area contributed by atoms with Gasteiger partial charge in [0, 0.05) is 23.3 Å². The van der Waals surface area contributed by atoms with Crippen LogP contribution in [-0.4, -0.2) is 20.7 Å². The minimum Gasteiger partial charge on any atom is -0.300 e. The van der Waals surface area contributed by atoms with E-state index in [9.17, 15) is 4.79 Å². The third-order valence-corrected chi connectivity index (χ3v) is 4.84. The molecule has 2 aromatic carbocycles. The number of carbonyl (C=O) groups is 1. The van der Waals surface area contributed by atoms with Gasteiger partial charge in [-0.1, -0.05) is 36.4 Å². The van der Waals surface area contributed by atoms with E-state index < -0.39 is 0 Å². The molecular weight excluding hydrogens is 332 g/mol. The molecule has 5 nitrogen and oxygen atoms in total. The lowest BCUT2D eigenvalue weighted by Gasteiger charge is -2.10. The number of benzene rings is 2. The maximum absolute atomic E-state index is 12.3. The van der Waals surface area contributed by atoms with E-state index in [1.54, 1.807) is 30.1 Å². The first-order valence-corrected chi connectivity index (χ1v) is 8.83. The van der Waals surface area contributed by atoms with Crippen molar-refractivity contribution in [1.82, 2.24) is 14.8 Å². The number of aromatic nitrogens is 3. The summed E-state index contributed by atoms with van der Waals surface area (Å²) < 4.78 is 1.62. The average Bonchev–Trinajstić information content (AvgIpc) is 3.32. The molecule has 0 saturated heterocycles. The third-order valence-electron chi connectivity index (χ3n) is 4.08. The Morgan fingerprint density at radius 2 is 2.00 bits per heavy atom. The normalized spacial score (nSPS) is 12.2. The van der Waals surface area contributed by atoms with E-state index in [0.29, 0.717) is 5.13 Å². The van der Waals surface area contributed by atoms with Crippen LogP contribution in [0.1, 0.15) is 13.0 Å². The van der Waals surface area contributed by atoms with Gasteiger partial charge in [0.15, 0.2) is 5.13 Å². The first-order valence-electron chi connectivity index (χ1n) is 7.95. The second-order valence-corrected chi connectivity index (χ2v) is 6.61. The molecule has 0 bridgehead atoms. The fraction of sp³-hybridized carbons (Fsp3) is 0.105. The zero-order valence-corrected chi connectivity index (χ0v) is 14.4. The molecule has 2 heterocycles. The van der Waals surface area contributed by atoms with Crippen molar-refractivity contribution in [2.45, 2.75) is 13.0 Å². The van der Waals surface area contributed by atoms with Crippen molar-refractivity contribution < 1.29 is 4.79 Å². The molecule has 1 amide bonds. The fourth-order valence-corrected chi connectivity index (χ4v) is 3.37. The lowest BCUT2D eigenvalue weighted by molar-refractivity contribution is -0.119. The van der Waals surface area contributed by atoms with Crippen molar-refractivity contribution in [2.24, 2.45) is 0 Å². The van der Waals surface area contributed by atoms with Gasteiger partial charge in [0.25, 0.3) is 5.91 Å². The number of thiazole rings is 1. The van der Waals surface area contributed by atoms with Gasteiger partial charge in [0.1, 0.15) is 6.04 Å². The highest BCUT2D eigenvalue weighted by atomic mass is 32.1. The first kappa shape index (κ1) is 15.5. The number of anilines is 1. The molecule has 25 heavy (non-hydrogen) atoms. The number of carbonyl (C=O) groups excluding carboxylic acids is 1. The molecule has 0 aliphatic carbocycles. The van der Waals surface area contributed by atoms with Gasteiger partial charge in [0.2, 0.25) is 0 Å². The van der Waals surface area contributed by atoms with Gasteiger partial charge in [-0.15, -0.1) is 11.3 Å². The molecule has 2 aromatic heterocycles. The van der Waals surface area contributed by atoms with Gasteiger partial charge >= 0.3 is 0 Å². The quantitative estimate of drug-likeness (QED) is 0.596. The Labute approximate surface area is 149 Å². The molecule has 6 heteroatoms. The first-order chi connectivity index (χ1) is 12.2. The Bertz CT molecular complexity index is 1020. The van der Waals surface area contributed by atoms with Crippen LogP contribution in [0.15, 0.2) is 66.3 Å². The molecule has 4 aromatic rings. The SMILES string of the molecule is C[C@@H](C(=O)Nc1nc(-c2ccc3ccccc3c2)cs1)n1cccn1. The highest BCUT2D eigenvalue weighted by molar-refractivity contribution is 7.14. The lowest BCUT2D eigenvalue weighted by atomic mass is 10.1. The van der Waals surface area contributed by atoms with Gasteiger partial charge in [-0.3, -0.25) is 9.48 Å². The van der Waals surface area contributed by atoms with Crippen molar-refractivity contribution in [1.29, 1.82) is 0 Å². The molecule has 0 aliphatic rings. The van der Waals surface area contributed by atoms with E-state index >= 15 is 0 Å². The zero-order chi connectivity index (χ0) is 17.2. The van der Waals surface area contributed by atoms with E-state index in [4.69, 9.17) is 0 Å². The standard InChI is InChI=1S/C19H16N4OS/c1-13(23-10-4-9-20-23)18(24)22-19-21-17(12-25-19)16-8-7-14-5-2-3-6-15(14)11-16/h2-13H,1H3,(H,21,22,24)/t13-/m0/s1. The Hall–Kier alpha value is -2.99. The summed E-state index contributed by atoms with van der Waals surface area (Å²) in [5.41, 5.74) is 1.90. The largest absolute Gasteiger partial charge is 0.300 e. The summed E-state index contributed by atoms with van der Waals surface area (Å²) in [6, 6.07) is 15.9. The van der Waals surface area contributed by atoms with Crippen LogP contribution in [0.4, 0.5) is 5.13 Å².